The second-order valence-corrected chi connectivity index (χ2v) is 6.32. The molecule has 1 N–H and O–H groups in total. The summed E-state index contributed by atoms with van der Waals surface area (Å²) in [6.45, 7) is 2.05. The van der Waals surface area contributed by atoms with Crippen molar-refractivity contribution in [3.8, 4) is 0 Å². The Labute approximate surface area is 131 Å². The van der Waals surface area contributed by atoms with Gasteiger partial charge in [0.25, 0.3) is 0 Å². The summed E-state index contributed by atoms with van der Waals surface area (Å²) in [6, 6.07) is 12.0. The fourth-order valence-corrected chi connectivity index (χ4v) is 3.60. The number of rotatable bonds is 2. The highest BCUT2D eigenvalue weighted by atomic mass is 79.9. The molecule has 1 heterocycles. The molecule has 1 aliphatic heterocycles. The first-order chi connectivity index (χ1) is 9.54. The second kappa shape index (κ2) is 5.23. The molecule has 0 fully saturated rings. The van der Waals surface area contributed by atoms with E-state index in [0.29, 0.717) is 6.42 Å². The topological polar surface area (TPSA) is 29.1 Å². The number of carbonyl (C=O) groups is 1. The number of nitrogens with one attached hydrogen (secondary N) is 1. The van der Waals surface area contributed by atoms with Gasteiger partial charge in [-0.05, 0) is 41.3 Å². The van der Waals surface area contributed by atoms with Crippen LogP contribution in [0.4, 0.5) is 5.69 Å². The predicted molar refractivity (Wildman–Crippen MR) is 85.4 cm³/mol. The molecule has 4 heteroatoms. The van der Waals surface area contributed by atoms with Crippen molar-refractivity contribution < 1.29 is 4.79 Å². The molecule has 0 aromatic heterocycles. The minimum absolute atomic E-state index is 0.0415. The number of halogens is 2. The van der Waals surface area contributed by atoms with Crippen molar-refractivity contribution in [2.45, 2.75) is 18.7 Å². The predicted octanol–water partition coefficient (Wildman–Crippen LogP) is 4.58. The summed E-state index contributed by atoms with van der Waals surface area (Å²) < 4.78 is 1.01. The van der Waals surface area contributed by atoms with E-state index < -0.39 is 0 Å². The van der Waals surface area contributed by atoms with Crippen LogP contribution in [0.3, 0.4) is 0 Å². The van der Waals surface area contributed by atoms with Gasteiger partial charge < -0.3 is 5.32 Å². The summed E-state index contributed by atoms with van der Waals surface area (Å²) in [7, 11) is 0. The molecule has 0 spiro atoms. The molecule has 1 amide bonds. The molecule has 3 rings (SSSR count). The van der Waals surface area contributed by atoms with Crippen LogP contribution < -0.4 is 5.32 Å². The molecule has 1 unspecified atom stereocenters. The van der Waals surface area contributed by atoms with Gasteiger partial charge in [-0.15, -0.1) is 11.6 Å². The summed E-state index contributed by atoms with van der Waals surface area (Å²) in [5.74, 6) is 0.0415. The van der Waals surface area contributed by atoms with E-state index >= 15 is 0 Å². The molecule has 0 radical (unpaired) electrons. The highest BCUT2D eigenvalue weighted by molar-refractivity contribution is 9.10. The Morgan fingerprint density at radius 2 is 2.05 bits per heavy atom. The average Bonchev–Trinajstić information content (AvgIpc) is 2.77. The maximum absolute atomic E-state index is 11.4. The summed E-state index contributed by atoms with van der Waals surface area (Å²) in [5.41, 5.74) is 5.14. The van der Waals surface area contributed by atoms with Gasteiger partial charge in [-0.1, -0.05) is 40.2 Å². The van der Waals surface area contributed by atoms with Crippen molar-refractivity contribution in [3.05, 3.63) is 63.1 Å². The first-order valence-electron chi connectivity index (χ1n) is 6.37. The Morgan fingerprint density at radius 3 is 2.80 bits per heavy atom. The van der Waals surface area contributed by atoms with Gasteiger partial charge in [0.05, 0.1) is 11.8 Å². The lowest BCUT2D eigenvalue weighted by molar-refractivity contribution is -0.115. The highest BCUT2D eigenvalue weighted by Gasteiger charge is 2.20. The van der Waals surface area contributed by atoms with E-state index in [-0.39, 0.29) is 11.3 Å². The van der Waals surface area contributed by atoms with Crippen LogP contribution in [0, 0.1) is 6.92 Å². The monoisotopic (exact) mass is 349 g/mol. The van der Waals surface area contributed by atoms with Crippen LogP contribution in [0.25, 0.3) is 0 Å². The first-order valence-corrected chi connectivity index (χ1v) is 7.60. The van der Waals surface area contributed by atoms with Crippen LogP contribution in [0.5, 0.6) is 0 Å². The van der Waals surface area contributed by atoms with Gasteiger partial charge in [0.1, 0.15) is 0 Å². The minimum atomic E-state index is -0.231. The minimum Gasteiger partial charge on any atom is -0.326 e. The number of hydrogen-bond acceptors (Lipinski definition) is 1. The van der Waals surface area contributed by atoms with Crippen LogP contribution in [0.15, 0.2) is 40.9 Å². The van der Waals surface area contributed by atoms with E-state index in [0.717, 1.165) is 26.9 Å². The number of anilines is 1. The number of aryl methyl sites for hydroxylation is 1. The van der Waals surface area contributed by atoms with Crippen molar-refractivity contribution in [2.75, 3.05) is 5.32 Å². The average molecular weight is 351 g/mol. The number of benzene rings is 2. The lowest BCUT2D eigenvalue weighted by Gasteiger charge is -2.14. The molecule has 2 aromatic rings. The highest BCUT2D eigenvalue weighted by Crippen LogP contribution is 2.36. The zero-order valence-corrected chi connectivity index (χ0v) is 13.3. The quantitative estimate of drug-likeness (QED) is 0.789. The molecule has 102 valence electrons. The largest absolute Gasteiger partial charge is 0.326 e. The third-order valence-electron chi connectivity index (χ3n) is 3.48. The standard InChI is InChI=1S/C16H13BrClNO/c1-9-2-4-12(13(17)6-9)16(18)10-3-5-14-11(7-10)8-15(20)19-14/h2-7,16H,8H2,1H3,(H,19,20). The first kappa shape index (κ1) is 13.7. The smallest absolute Gasteiger partial charge is 0.228 e. The molecule has 0 aliphatic carbocycles. The Hall–Kier alpha value is -1.32. The molecule has 0 saturated heterocycles. The van der Waals surface area contributed by atoms with Crippen LogP contribution in [-0.2, 0) is 11.2 Å². The number of alkyl halides is 1. The molecule has 1 aliphatic rings. The number of carbonyl (C=O) groups excluding carboxylic acids is 1. The van der Waals surface area contributed by atoms with Crippen molar-refractivity contribution in [1.29, 1.82) is 0 Å². The molecule has 2 aromatic carbocycles. The van der Waals surface area contributed by atoms with E-state index in [1.54, 1.807) is 0 Å². The number of hydrogen-bond donors (Lipinski definition) is 1. The Kier molecular flexibility index (Phi) is 3.57. The second-order valence-electron chi connectivity index (χ2n) is 5.03. The van der Waals surface area contributed by atoms with Crippen molar-refractivity contribution in [3.63, 3.8) is 0 Å². The Morgan fingerprint density at radius 1 is 1.25 bits per heavy atom. The Balaban J connectivity index is 1.97. The fourth-order valence-electron chi connectivity index (χ4n) is 2.42. The van der Waals surface area contributed by atoms with Gasteiger partial charge >= 0.3 is 0 Å². The number of amides is 1. The van der Waals surface area contributed by atoms with E-state index in [2.05, 4.69) is 27.3 Å². The molecule has 0 saturated carbocycles. The van der Waals surface area contributed by atoms with E-state index in [9.17, 15) is 4.79 Å². The van der Waals surface area contributed by atoms with Crippen LogP contribution in [0.2, 0.25) is 0 Å². The zero-order chi connectivity index (χ0) is 14.3. The van der Waals surface area contributed by atoms with Gasteiger partial charge in [0, 0.05) is 10.2 Å². The molecule has 20 heavy (non-hydrogen) atoms. The summed E-state index contributed by atoms with van der Waals surface area (Å²) in [4.78, 5) is 11.4. The Bertz CT molecular complexity index is 699. The van der Waals surface area contributed by atoms with Gasteiger partial charge in [-0.2, -0.15) is 0 Å². The maximum Gasteiger partial charge on any atom is 0.228 e. The normalized spacial score (nSPS) is 14.8. The summed E-state index contributed by atoms with van der Waals surface area (Å²) in [5, 5.41) is 2.60. The van der Waals surface area contributed by atoms with Gasteiger partial charge in [-0.25, -0.2) is 0 Å². The zero-order valence-electron chi connectivity index (χ0n) is 10.9. The lowest BCUT2D eigenvalue weighted by atomic mass is 10.0. The lowest BCUT2D eigenvalue weighted by Crippen LogP contribution is -2.03. The van der Waals surface area contributed by atoms with Crippen molar-refractivity contribution >= 4 is 39.1 Å². The van der Waals surface area contributed by atoms with E-state index in [1.165, 1.54) is 5.56 Å². The van der Waals surface area contributed by atoms with E-state index in [1.807, 2.05) is 37.3 Å². The third-order valence-corrected chi connectivity index (χ3v) is 4.65. The van der Waals surface area contributed by atoms with Crippen LogP contribution in [-0.4, -0.2) is 5.91 Å². The van der Waals surface area contributed by atoms with E-state index in [4.69, 9.17) is 11.6 Å². The maximum atomic E-state index is 11.4. The molecular weight excluding hydrogens is 338 g/mol. The fraction of sp³-hybridized carbons (Fsp3) is 0.188. The van der Waals surface area contributed by atoms with Gasteiger partial charge in [-0.3, -0.25) is 4.79 Å². The van der Waals surface area contributed by atoms with Gasteiger partial charge in [0.2, 0.25) is 5.91 Å². The SMILES string of the molecule is Cc1ccc(C(Cl)c2ccc3c(c2)CC(=O)N3)c(Br)c1. The van der Waals surface area contributed by atoms with Crippen molar-refractivity contribution in [1.82, 2.24) is 0 Å². The van der Waals surface area contributed by atoms with Crippen molar-refractivity contribution in [2.24, 2.45) is 0 Å². The molecule has 0 bridgehead atoms. The number of fused-ring (bicyclic) bond motifs is 1. The summed E-state index contributed by atoms with van der Waals surface area (Å²) >= 11 is 10.2. The van der Waals surface area contributed by atoms with Gasteiger partial charge in [0.15, 0.2) is 0 Å². The summed E-state index contributed by atoms with van der Waals surface area (Å²) in [6.07, 6.45) is 0.432. The molecular formula is C16H13BrClNO. The molecule has 2 nitrogen and oxygen atoms in total. The third kappa shape index (κ3) is 2.48. The molecule has 1 atom stereocenters. The van der Waals surface area contributed by atoms with Crippen LogP contribution >= 0.6 is 27.5 Å². The van der Waals surface area contributed by atoms with Crippen LogP contribution in [0.1, 0.15) is 27.6 Å².